The maximum atomic E-state index is 12.4. The van der Waals surface area contributed by atoms with Crippen molar-refractivity contribution >= 4 is 17.9 Å². The number of rotatable bonds is 12. The van der Waals surface area contributed by atoms with Crippen molar-refractivity contribution < 1.29 is 23.9 Å². The molecule has 2 aromatic rings. The van der Waals surface area contributed by atoms with E-state index < -0.39 is 6.09 Å². The molecule has 0 spiro atoms. The zero-order chi connectivity index (χ0) is 25.3. The predicted molar refractivity (Wildman–Crippen MR) is 134 cm³/mol. The number of unbranched alkanes of at least 4 members (excludes halogenated alkanes) is 3. The van der Waals surface area contributed by atoms with Gasteiger partial charge in [-0.25, -0.2) is 4.79 Å². The molecule has 0 aromatic heterocycles. The number of hydrogen-bond acceptors (Lipinski definition) is 5. The lowest BCUT2D eigenvalue weighted by Gasteiger charge is -2.22. The number of fused-ring (bicyclic) bond motifs is 1. The van der Waals surface area contributed by atoms with E-state index in [0.29, 0.717) is 30.7 Å². The Kier molecular flexibility index (Phi) is 9.43. The molecule has 3 rings (SSSR count). The summed E-state index contributed by atoms with van der Waals surface area (Å²) >= 11 is 0. The predicted octanol–water partition coefficient (Wildman–Crippen LogP) is 5.00. The van der Waals surface area contributed by atoms with Gasteiger partial charge in [-0.15, -0.1) is 0 Å². The van der Waals surface area contributed by atoms with Crippen molar-refractivity contribution in [1.29, 1.82) is 0 Å². The molecule has 7 nitrogen and oxygen atoms in total. The van der Waals surface area contributed by atoms with Gasteiger partial charge >= 0.3 is 6.09 Å². The molecule has 35 heavy (non-hydrogen) atoms. The van der Waals surface area contributed by atoms with Crippen LogP contribution in [-0.2, 0) is 15.9 Å². The highest BCUT2D eigenvalue weighted by Crippen LogP contribution is 2.22. The van der Waals surface area contributed by atoms with Crippen LogP contribution in [0.15, 0.2) is 54.6 Å². The van der Waals surface area contributed by atoms with Gasteiger partial charge in [0.05, 0.1) is 17.2 Å². The number of alkyl carbamates (subject to hydrolysis) is 1. The highest BCUT2D eigenvalue weighted by atomic mass is 16.6. The van der Waals surface area contributed by atoms with Gasteiger partial charge in [-0.3, -0.25) is 14.5 Å². The van der Waals surface area contributed by atoms with Gasteiger partial charge in [0.2, 0.25) is 0 Å². The van der Waals surface area contributed by atoms with E-state index in [4.69, 9.17) is 9.47 Å². The van der Waals surface area contributed by atoms with E-state index in [9.17, 15) is 14.4 Å². The average Bonchev–Trinajstić information content (AvgIpc) is 3.06. The number of carbonyl (C=O) groups excluding carboxylic acids is 3. The van der Waals surface area contributed by atoms with E-state index in [1.54, 1.807) is 24.3 Å². The molecule has 188 valence electrons. The highest BCUT2D eigenvalue weighted by molar-refractivity contribution is 6.21. The van der Waals surface area contributed by atoms with Crippen LogP contribution >= 0.6 is 0 Å². The third-order valence-corrected chi connectivity index (χ3v) is 5.69. The smallest absolute Gasteiger partial charge is 0.407 e. The first-order valence-corrected chi connectivity index (χ1v) is 12.3. The number of hydrogen-bond donors (Lipinski definition) is 1. The first kappa shape index (κ1) is 26.4. The van der Waals surface area contributed by atoms with Gasteiger partial charge in [-0.2, -0.15) is 0 Å². The molecule has 0 radical (unpaired) electrons. The molecule has 1 heterocycles. The molecule has 1 atom stereocenters. The van der Waals surface area contributed by atoms with Crippen LogP contribution in [0.1, 0.15) is 72.7 Å². The van der Waals surface area contributed by atoms with Crippen LogP contribution in [0, 0.1) is 0 Å². The topological polar surface area (TPSA) is 84.9 Å². The summed E-state index contributed by atoms with van der Waals surface area (Å²) in [5.74, 6) is -0.402. The van der Waals surface area contributed by atoms with Crippen LogP contribution in [-0.4, -0.2) is 54.2 Å². The molecule has 2 aromatic carbocycles. The van der Waals surface area contributed by atoms with Gasteiger partial charge < -0.3 is 14.8 Å². The average molecular weight is 481 g/mol. The SMILES string of the molecule is CC(C)(C)NC(=O)OCC(Cc1ccccc1)OCCCCCCN1C(=O)c2ccccc2C1=O. The van der Waals surface area contributed by atoms with Gasteiger partial charge in [0.25, 0.3) is 11.8 Å². The number of ether oxygens (including phenoxy) is 2. The van der Waals surface area contributed by atoms with E-state index in [-0.39, 0.29) is 30.1 Å². The Morgan fingerprint density at radius 2 is 1.49 bits per heavy atom. The standard InChI is InChI=1S/C28H36N2O5/c1-28(2,3)29-27(33)35-20-22(19-21-13-7-6-8-14-21)34-18-12-5-4-11-17-30-25(31)23-15-9-10-16-24(23)26(30)32/h6-10,13-16,22H,4-5,11-12,17-20H2,1-3H3,(H,29,33). The Balaban J connectivity index is 1.37. The van der Waals surface area contributed by atoms with Crippen LogP contribution in [0.4, 0.5) is 4.79 Å². The number of imide groups is 1. The first-order chi connectivity index (χ1) is 16.7. The number of nitrogens with zero attached hydrogens (tertiary/aromatic N) is 1. The summed E-state index contributed by atoms with van der Waals surface area (Å²) in [4.78, 5) is 38.3. The van der Waals surface area contributed by atoms with Crippen LogP contribution < -0.4 is 5.32 Å². The fourth-order valence-corrected chi connectivity index (χ4v) is 3.97. The van der Waals surface area contributed by atoms with Crippen LogP contribution in [0.5, 0.6) is 0 Å². The maximum Gasteiger partial charge on any atom is 0.407 e. The molecule has 3 amide bonds. The number of nitrogens with one attached hydrogen (secondary N) is 1. The number of amides is 3. The Bertz CT molecular complexity index is 965. The number of carbonyl (C=O) groups is 3. The fourth-order valence-electron chi connectivity index (χ4n) is 3.97. The summed E-state index contributed by atoms with van der Waals surface area (Å²) in [5, 5.41) is 2.80. The highest BCUT2D eigenvalue weighted by Gasteiger charge is 2.34. The van der Waals surface area contributed by atoms with Gasteiger partial charge in [0.1, 0.15) is 6.61 Å². The summed E-state index contributed by atoms with van der Waals surface area (Å²) in [5.41, 5.74) is 1.75. The Labute approximate surface area is 207 Å². The summed E-state index contributed by atoms with van der Waals surface area (Å²) in [6, 6.07) is 17.0. The second kappa shape index (κ2) is 12.5. The van der Waals surface area contributed by atoms with E-state index in [1.165, 1.54) is 4.90 Å². The second-order valence-electron chi connectivity index (χ2n) is 9.88. The minimum absolute atomic E-state index is 0.177. The third-order valence-electron chi connectivity index (χ3n) is 5.69. The lowest BCUT2D eigenvalue weighted by molar-refractivity contribution is 0.00282. The van der Waals surface area contributed by atoms with Gasteiger partial charge in [0.15, 0.2) is 0 Å². The molecule has 1 aliphatic rings. The van der Waals surface area contributed by atoms with Crippen molar-refractivity contribution in [3.05, 3.63) is 71.3 Å². The van der Waals surface area contributed by atoms with Gasteiger partial charge in [0, 0.05) is 25.1 Å². The molecule has 7 heteroatoms. The molecule has 0 saturated carbocycles. The van der Waals surface area contributed by atoms with E-state index in [2.05, 4.69) is 5.32 Å². The number of benzene rings is 2. The fraction of sp³-hybridized carbons (Fsp3) is 0.464. The zero-order valence-corrected chi connectivity index (χ0v) is 20.9. The summed E-state index contributed by atoms with van der Waals surface area (Å²) in [6.45, 7) is 6.87. The lowest BCUT2D eigenvalue weighted by atomic mass is 10.1. The van der Waals surface area contributed by atoms with Crippen LogP contribution in [0.3, 0.4) is 0 Å². The Hall–Kier alpha value is -3.19. The summed E-state index contributed by atoms with van der Waals surface area (Å²) < 4.78 is 11.5. The van der Waals surface area contributed by atoms with E-state index in [1.807, 2.05) is 51.1 Å². The molecular weight excluding hydrogens is 444 g/mol. The monoisotopic (exact) mass is 480 g/mol. The van der Waals surface area contributed by atoms with Crippen molar-refractivity contribution in [3.63, 3.8) is 0 Å². The third kappa shape index (κ3) is 8.21. The molecule has 1 unspecified atom stereocenters. The Morgan fingerprint density at radius 1 is 0.886 bits per heavy atom. The van der Waals surface area contributed by atoms with Gasteiger partial charge in [-0.05, 0) is 51.3 Å². The molecular formula is C28H36N2O5. The zero-order valence-electron chi connectivity index (χ0n) is 20.9. The van der Waals surface area contributed by atoms with E-state index in [0.717, 1.165) is 31.2 Å². The Morgan fingerprint density at radius 3 is 2.11 bits per heavy atom. The van der Waals surface area contributed by atoms with Crippen molar-refractivity contribution in [2.24, 2.45) is 0 Å². The molecule has 0 aliphatic carbocycles. The van der Waals surface area contributed by atoms with E-state index >= 15 is 0 Å². The largest absolute Gasteiger partial charge is 0.447 e. The molecule has 0 saturated heterocycles. The molecule has 1 N–H and O–H groups in total. The quantitative estimate of drug-likeness (QED) is 0.342. The summed E-state index contributed by atoms with van der Waals surface area (Å²) in [6.07, 6.45) is 3.39. The minimum Gasteiger partial charge on any atom is -0.447 e. The van der Waals surface area contributed by atoms with Crippen molar-refractivity contribution in [3.8, 4) is 0 Å². The summed E-state index contributed by atoms with van der Waals surface area (Å²) in [7, 11) is 0. The second-order valence-corrected chi connectivity index (χ2v) is 9.88. The molecule has 0 fully saturated rings. The van der Waals surface area contributed by atoms with Crippen molar-refractivity contribution in [1.82, 2.24) is 10.2 Å². The maximum absolute atomic E-state index is 12.4. The van der Waals surface area contributed by atoms with Crippen LogP contribution in [0.2, 0.25) is 0 Å². The minimum atomic E-state index is -0.452. The molecule has 0 bridgehead atoms. The van der Waals surface area contributed by atoms with Crippen molar-refractivity contribution in [2.45, 2.75) is 64.5 Å². The molecule has 1 aliphatic heterocycles. The van der Waals surface area contributed by atoms with Gasteiger partial charge in [-0.1, -0.05) is 55.3 Å². The van der Waals surface area contributed by atoms with Crippen molar-refractivity contribution in [2.75, 3.05) is 19.8 Å². The normalized spacial score (nSPS) is 14.1. The lowest BCUT2D eigenvalue weighted by Crippen LogP contribution is -2.42. The first-order valence-electron chi connectivity index (χ1n) is 12.3. The van der Waals surface area contributed by atoms with Crippen LogP contribution in [0.25, 0.3) is 0 Å².